The molecule has 1 aromatic heterocycles. The molecule has 1 N–H and O–H groups in total. The molecule has 1 saturated heterocycles. The first-order valence-electron chi connectivity index (χ1n) is 6.96. The van der Waals surface area contributed by atoms with Gasteiger partial charge in [0.25, 0.3) is 5.91 Å². The molecular formula is C16H16BrNO2S. The Kier molecular flexibility index (Phi) is 4.31. The number of phenolic OH excluding ortho intramolecular Hbond substituents is 1. The van der Waals surface area contributed by atoms with Crippen LogP contribution in [0, 0.1) is 0 Å². The van der Waals surface area contributed by atoms with Crippen molar-refractivity contribution < 1.29 is 9.90 Å². The lowest BCUT2D eigenvalue weighted by Gasteiger charge is -2.32. The molecule has 1 aliphatic heterocycles. The first-order valence-corrected chi connectivity index (χ1v) is 8.63. The van der Waals surface area contributed by atoms with E-state index in [4.69, 9.17) is 0 Å². The molecule has 1 aliphatic rings. The summed E-state index contributed by atoms with van der Waals surface area (Å²) in [5.41, 5.74) is 1.25. The fourth-order valence-electron chi connectivity index (χ4n) is 2.75. The summed E-state index contributed by atoms with van der Waals surface area (Å²) in [5, 5.41) is 11.3. The van der Waals surface area contributed by atoms with E-state index in [2.05, 4.69) is 15.9 Å². The third-order valence-corrected chi connectivity index (χ3v) is 5.78. The van der Waals surface area contributed by atoms with Gasteiger partial charge in [-0.3, -0.25) is 4.79 Å². The zero-order valence-corrected chi connectivity index (χ0v) is 13.9. The number of benzene rings is 1. The number of carbonyl (C=O) groups excluding carboxylic acids is 1. The van der Waals surface area contributed by atoms with E-state index in [9.17, 15) is 9.90 Å². The quantitative estimate of drug-likeness (QED) is 0.864. The van der Waals surface area contributed by atoms with Gasteiger partial charge in [0.15, 0.2) is 0 Å². The summed E-state index contributed by atoms with van der Waals surface area (Å²) in [5.74, 6) is 0.899. The Hall–Kier alpha value is -1.33. The minimum absolute atomic E-state index is 0.126. The van der Waals surface area contributed by atoms with Gasteiger partial charge in [0.2, 0.25) is 0 Å². The van der Waals surface area contributed by atoms with Crippen LogP contribution in [0.3, 0.4) is 0 Å². The molecule has 2 heterocycles. The average molecular weight is 366 g/mol. The Labute approximate surface area is 136 Å². The third kappa shape index (κ3) is 3.14. The van der Waals surface area contributed by atoms with E-state index in [-0.39, 0.29) is 5.91 Å². The van der Waals surface area contributed by atoms with Gasteiger partial charge in [-0.05, 0) is 63.8 Å². The maximum atomic E-state index is 12.4. The lowest BCUT2D eigenvalue weighted by Crippen LogP contribution is -2.37. The van der Waals surface area contributed by atoms with E-state index in [1.54, 1.807) is 12.1 Å². The average Bonchev–Trinajstić information content (AvgIpc) is 2.94. The number of hydrogen-bond acceptors (Lipinski definition) is 3. The molecule has 1 amide bonds. The van der Waals surface area contributed by atoms with E-state index in [0.29, 0.717) is 11.7 Å². The Balaban J connectivity index is 1.64. The van der Waals surface area contributed by atoms with Crippen LogP contribution in [-0.2, 0) is 0 Å². The van der Waals surface area contributed by atoms with Crippen LogP contribution < -0.4 is 0 Å². The van der Waals surface area contributed by atoms with Crippen molar-refractivity contribution in [2.45, 2.75) is 18.8 Å². The molecule has 0 unspecified atom stereocenters. The van der Waals surface area contributed by atoms with Crippen molar-refractivity contribution in [3.8, 4) is 5.75 Å². The number of aromatic hydroxyl groups is 1. The van der Waals surface area contributed by atoms with Gasteiger partial charge in [-0.1, -0.05) is 12.1 Å². The topological polar surface area (TPSA) is 40.5 Å². The summed E-state index contributed by atoms with van der Waals surface area (Å²) in [6.45, 7) is 1.57. The van der Waals surface area contributed by atoms with E-state index < -0.39 is 0 Å². The van der Waals surface area contributed by atoms with Gasteiger partial charge < -0.3 is 10.0 Å². The highest BCUT2D eigenvalue weighted by Gasteiger charge is 2.26. The van der Waals surface area contributed by atoms with Crippen LogP contribution in [0.15, 0.2) is 40.2 Å². The predicted molar refractivity (Wildman–Crippen MR) is 88.0 cm³/mol. The number of halogens is 1. The van der Waals surface area contributed by atoms with Gasteiger partial charge in [0, 0.05) is 17.6 Å². The molecule has 1 aromatic carbocycles. The number of rotatable bonds is 2. The second-order valence-electron chi connectivity index (χ2n) is 5.26. The number of piperidine rings is 1. The molecule has 0 aliphatic carbocycles. The minimum atomic E-state index is 0.126. The van der Waals surface area contributed by atoms with Crippen molar-refractivity contribution in [2.75, 3.05) is 13.1 Å². The van der Waals surface area contributed by atoms with Gasteiger partial charge in [-0.15, -0.1) is 11.3 Å². The highest BCUT2D eigenvalue weighted by molar-refractivity contribution is 9.10. The van der Waals surface area contributed by atoms with E-state index >= 15 is 0 Å². The van der Waals surface area contributed by atoms with Crippen LogP contribution in [-0.4, -0.2) is 29.0 Å². The van der Waals surface area contributed by atoms with Gasteiger partial charge >= 0.3 is 0 Å². The molecule has 1 fully saturated rings. The molecule has 0 spiro atoms. The lowest BCUT2D eigenvalue weighted by atomic mass is 9.89. The number of carbonyl (C=O) groups is 1. The smallest absolute Gasteiger partial charge is 0.265 e. The summed E-state index contributed by atoms with van der Waals surface area (Å²) in [6.07, 6.45) is 1.94. The van der Waals surface area contributed by atoms with Gasteiger partial charge in [-0.2, -0.15) is 0 Å². The SMILES string of the molecule is O=C(c1sccc1Br)N1CCC(c2ccc(O)cc2)CC1. The number of likely N-dealkylation sites (tertiary alicyclic amines) is 1. The van der Waals surface area contributed by atoms with Crippen LogP contribution in [0.2, 0.25) is 0 Å². The summed E-state index contributed by atoms with van der Waals surface area (Å²) in [4.78, 5) is 15.2. The first-order chi connectivity index (χ1) is 10.1. The summed E-state index contributed by atoms with van der Waals surface area (Å²) < 4.78 is 0.887. The maximum absolute atomic E-state index is 12.4. The zero-order chi connectivity index (χ0) is 14.8. The number of amides is 1. The van der Waals surface area contributed by atoms with Crippen LogP contribution in [0.1, 0.15) is 34.0 Å². The van der Waals surface area contributed by atoms with E-state index in [1.165, 1.54) is 16.9 Å². The lowest BCUT2D eigenvalue weighted by molar-refractivity contribution is 0.0717. The molecule has 3 nitrogen and oxygen atoms in total. The molecule has 0 radical (unpaired) electrons. The second-order valence-corrected chi connectivity index (χ2v) is 7.03. The summed E-state index contributed by atoms with van der Waals surface area (Å²) in [6, 6.07) is 9.34. The molecule has 0 bridgehead atoms. The molecule has 5 heteroatoms. The fourth-order valence-corrected chi connectivity index (χ4v) is 4.26. The molecule has 0 saturated carbocycles. The standard InChI is InChI=1S/C16H16BrNO2S/c17-14-7-10-21-15(14)16(20)18-8-5-12(6-9-18)11-1-3-13(19)4-2-11/h1-4,7,10,12,19H,5-6,8-9H2. The van der Waals surface area contributed by atoms with Gasteiger partial charge in [-0.25, -0.2) is 0 Å². The number of nitrogens with zero attached hydrogens (tertiary/aromatic N) is 1. The fraction of sp³-hybridized carbons (Fsp3) is 0.312. The normalized spacial score (nSPS) is 16.1. The second kappa shape index (κ2) is 6.20. The number of phenols is 1. The Morgan fingerprint density at radius 1 is 1.19 bits per heavy atom. The summed E-state index contributed by atoms with van der Waals surface area (Å²) >= 11 is 4.91. The van der Waals surface area contributed by atoms with Crippen LogP contribution in [0.4, 0.5) is 0 Å². The van der Waals surface area contributed by atoms with Crippen molar-refractivity contribution in [1.29, 1.82) is 0 Å². The van der Waals surface area contributed by atoms with Crippen molar-refractivity contribution in [2.24, 2.45) is 0 Å². The van der Waals surface area contributed by atoms with E-state index in [0.717, 1.165) is 35.3 Å². The molecule has 110 valence electrons. The van der Waals surface area contributed by atoms with Gasteiger partial charge in [0.1, 0.15) is 10.6 Å². The Bertz CT molecular complexity index is 630. The van der Waals surface area contributed by atoms with E-state index in [1.807, 2.05) is 28.5 Å². The molecule has 0 atom stereocenters. The molecule has 21 heavy (non-hydrogen) atoms. The number of thiophene rings is 1. The number of hydrogen-bond donors (Lipinski definition) is 1. The van der Waals surface area contributed by atoms with Crippen LogP contribution in [0.5, 0.6) is 5.75 Å². The molecule has 3 rings (SSSR count). The third-order valence-electron chi connectivity index (χ3n) is 3.96. The van der Waals surface area contributed by atoms with Crippen LogP contribution >= 0.6 is 27.3 Å². The van der Waals surface area contributed by atoms with Crippen molar-refractivity contribution in [1.82, 2.24) is 4.90 Å². The Morgan fingerprint density at radius 2 is 1.86 bits per heavy atom. The zero-order valence-electron chi connectivity index (χ0n) is 11.5. The predicted octanol–water partition coefficient (Wildman–Crippen LogP) is 4.24. The van der Waals surface area contributed by atoms with Crippen molar-refractivity contribution >= 4 is 33.2 Å². The largest absolute Gasteiger partial charge is 0.508 e. The highest BCUT2D eigenvalue weighted by Crippen LogP contribution is 2.31. The summed E-state index contributed by atoms with van der Waals surface area (Å²) in [7, 11) is 0. The first kappa shape index (κ1) is 14.6. The molecular weight excluding hydrogens is 350 g/mol. The van der Waals surface area contributed by atoms with Crippen LogP contribution in [0.25, 0.3) is 0 Å². The molecule has 2 aromatic rings. The van der Waals surface area contributed by atoms with Crippen molar-refractivity contribution in [3.63, 3.8) is 0 Å². The monoisotopic (exact) mass is 365 g/mol. The Morgan fingerprint density at radius 3 is 2.43 bits per heavy atom. The van der Waals surface area contributed by atoms with Gasteiger partial charge in [0.05, 0.1) is 0 Å². The van der Waals surface area contributed by atoms with Crippen molar-refractivity contribution in [3.05, 3.63) is 50.6 Å². The highest BCUT2D eigenvalue weighted by atomic mass is 79.9. The maximum Gasteiger partial charge on any atom is 0.265 e. The minimum Gasteiger partial charge on any atom is -0.508 e.